The minimum Gasteiger partial charge on any atom is -0.497 e. The van der Waals surface area contributed by atoms with Gasteiger partial charge in [-0.3, -0.25) is 0 Å². The van der Waals surface area contributed by atoms with E-state index in [0.717, 1.165) is 50.2 Å². The monoisotopic (exact) mass is 378 g/mol. The van der Waals surface area contributed by atoms with Gasteiger partial charge in [-0.2, -0.15) is 4.91 Å². The number of hydrogen-bond donors (Lipinski definition) is 0. The average Bonchev–Trinajstić information content (AvgIpc) is 2.77. The Morgan fingerprint density at radius 2 is 1.86 bits per heavy atom. The fraction of sp³-hybridized carbons (Fsp3) is 0.500. The topological polar surface area (TPSA) is 41.9 Å². The number of fused-ring (bicyclic) bond motifs is 1. The van der Waals surface area contributed by atoms with Crippen LogP contribution >= 0.6 is 0 Å². The predicted molar refractivity (Wildman–Crippen MR) is 113 cm³/mol. The molecule has 0 N–H and O–H groups in total. The second-order valence-corrected chi connectivity index (χ2v) is 8.23. The van der Waals surface area contributed by atoms with Crippen LogP contribution in [0.4, 0.5) is 0 Å². The minimum atomic E-state index is -0.212. The van der Waals surface area contributed by atoms with E-state index in [9.17, 15) is 4.91 Å². The van der Waals surface area contributed by atoms with Crippen molar-refractivity contribution >= 4 is 0 Å². The third-order valence-corrected chi connectivity index (χ3v) is 6.69. The zero-order valence-corrected chi connectivity index (χ0v) is 16.7. The first-order valence-corrected chi connectivity index (χ1v) is 10.5. The Morgan fingerprint density at radius 1 is 1.07 bits per heavy atom. The lowest BCUT2D eigenvalue weighted by Gasteiger charge is -2.35. The van der Waals surface area contributed by atoms with E-state index in [2.05, 4.69) is 46.5 Å². The quantitative estimate of drug-likeness (QED) is 0.638. The van der Waals surface area contributed by atoms with Gasteiger partial charge in [0.15, 0.2) is 0 Å². The fourth-order valence-corrected chi connectivity index (χ4v) is 4.98. The molecule has 0 saturated carbocycles. The molecule has 1 aliphatic carbocycles. The van der Waals surface area contributed by atoms with Gasteiger partial charge < -0.3 is 9.64 Å². The smallest absolute Gasteiger partial charge is 0.120 e. The zero-order valence-electron chi connectivity index (χ0n) is 16.7. The lowest BCUT2D eigenvalue weighted by atomic mass is 9.78. The first kappa shape index (κ1) is 19.1. The number of likely N-dealkylation sites (tertiary alicyclic amines) is 1. The Labute approximate surface area is 167 Å². The maximum atomic E-state index is 11.6. The lowest BCUT2D eigenvalue weighted by molar-refractivity contribution is 0.189. The van der Waals surface area contributed by atoms with Crippen molar-refractivity contribution in [2.45, 2.75) is 44.1 Å². The van der Waals surface area contributed by atoms with E-state index in [1.54, 1.807) is 7.11 Å². The van der Waals surface area contributed by atoms with E-state index >= 15 is 0 Å². The molecular weight excluding hydrogens is 348 g/mol. The van der Waals surface area contributed by atoms with Crippen LogP contribution in [0.5, 0.6) is 5.75 Å². The fourth-order valence-electron chi connectivity index (χ4n) is 4.98. The van der Waals surface area contributed by atoms with E-state index in [4.69, 9.17) is 4.74 Å². The Hall–Kier alpha value is -2.20. The van der Waals surface area contributed by atoms with E-state index in [1.807, 2.05) is 12.1 Å². The number of nitroso groups, excluding NO2 is 1. The van der Waals surface area contributed by atoms with Crippen molar-refractivity contribution < 1.29 is 4.74 Å². The maximum absolute atomic E-state index is 11.6. The summed E-state index contributed by atoms with van der Waals surface area (Å²) in [6.45, 7) is 3.38. The molecule has 1 saturated heterocycles. The minimum absolute atomic E-state index is 0.212. The molecule has 2 unspecified atom stereocenters. The maximum Gasteiger partial charge on any atom is 0.120 e. The highest BCUT2D eigenvalue weighted by Gasteiger charge is 2.31. The van der Waals surface area contributed by atoms with Crippen molar-refractivity contribution in [2.24, 2.45) is 11.1 Å². The summed E-state index contributed by atoms with van der Waals surface area (Å²) in [4.78, 5) is 14.2. The zero-order chi connectivity index (χ0) is 19.3. The number of piperidine rings is 1. The van der Waals surface area contributed by atoms with E-state index < -0.39 is 0 Å². The van der Waals surface area contributed by atoms with Crippen molar-refractivity contribution in [1.29, 1.82) is 0 Å². The van der Waals surface area contributed by atoms with Crippen LogP contribution in [0.1, 0.15) is 54.3 Å². The van der Waals surface area contributed by atoms with Crippen LogP contribution in [0.25, 0.3) is 0 Å². The van der Waals surface area contributed by atoms with Gasteiger partial charge in [0.25, 0.3) is 0 Å². The van der Waals surface area contributed by atoms with Gasteiger partial charge in [0.05, 0.1) is 7.11 Å². The molecule has 1 heterocycles. The van der Waals surface area contributed by atoms with Crippen molar-refractivity contribution in [3.63, 3.8) is 0 Å². The van der Waals surface area contributed by atoms with Crippen molar-refractivity contribution in [3.8, 4) is 5.75 Å². The van der Waals surface area contributed by atoms with E-state index in [-0.39, 0.29) is 6.04 Å². The van der Waals surface area contributed by atoms with Gasteiger partial charge >= 0.3 is 0 Å². The highest BCUT2D eigenvalue weighted by Crippen LogP contribution is 2.40. The normalized spacial score (nSPS) is 23.2. The molecule has 0 spiro atoms. The molecule has 0 amide bonds. The molecule has 0 aromatic heterocycles. The number of hydrogen-bond acceptors (Lipinski definition) is 4. The molecule has 2 aromatic rings. The average molecular weight is 379 g/mol. The third kappa shape index (κ3) is 4.12. The van der Waals surface area contributed by atoms with Crippen LogP contribution in [0.2, 0.25) is 0 Å². The second kappa shape index (κ2) is 8.87. The van der Waals surface area contributed by atoms with Gasteiger partial charge in [0.1, 0.15) is 11.8 Å². The van der Waals surface area contributed by atoms with Gasteiger partial charge in [-0.05, 0) is 92.4 Å². The highest BCUT2D eigenvalue weighted by molar-refractivity contribution is 5.39. The van der Waals surface area contributed by atoms with Crippen molar-refractivity contribution in [2.75, 3.05) is 26.7 Å². The molecule has 28 heavy (non-hydrogen) atoms. The van der Waals surface area contributed by atoms with Crippen LogP contribution in [-0.4, -0.2) is 31.6 Å². The summed E-state index contributed by atoms with van der Waals surface area (Å²) in [5.74, 6) is 1.91. The number of nitrogens with zero attached hydrogens (tertiary/aromatic N) is 2. The van der Waals surface area contributed by atoms with E-state index in [1.165, 1.54) is 24.0 Å². The molecule has 0 bridgehead atoms. The molecule has 0 radical (unpaired) electrons. The summed E-state index contributed by atoms with van der Waals surface area (Å²) in [5.41, 5.74) is 3.81. The van der Waals surface area contributed by atoms with Crippen LogP contribution in [0, 0.1) is 10.8 Å². The number of benzene rings is 2. The van der Waals surface area contributed by atoms with Gasteiger partial charge in [-0.25, -0.2) is 0 Å². The molecule has 2 atom stereocenters. The van der Waals surface area contributed by atoms with Gasteiger partial charge in [0, 0.05) is 0 Å². The molecule has 4 nitrogen and oxygen atoms in total. The molecule has 2 aliphatic rings. The summed E-state index contributed by atoms with van der Waals surface area (Å²) in [6.07, 6.45) is 5.56. The molecule has 1 aliphatic heterocycles. The Kier molecular flexibility index (Phi) is 6.06. The summed E-state index contributed by atoms with van der Waals surface area (Å²) >= 11 is 0. The Morgan fingerprint density at radius 3 is 2.57 bits per heavy atom. The van der Waals surface area contributed by atoms with Gasteiger partial charge in [-0.15, -0.1) is 0 Å². The highest BCUT2D eigenvalue weighted by atomic mass is 16.5. The van der Waals surface area contributed by atoms with Crippen molar-refractivity contribution in [3.05, 3.63) is 70.1 Å². The van der Waals surface area contributed by atoms with Crippen LogP contribution < -0.4 is 4.74 Å². The van der Waals surface area contributed by atoms with Crippen molar-refractivity contribution in [1.82, 2.24) is 4.90 Å². The predicted octanol–water partition coefficient (Wildman–Crippen LogP) is 5.33. The van der Waals surface area contributed by atoms with Gasteiger partial charge in [-0.1, -0.05) is 41.6 Å². The van der Waals surface area contributed by atoms with Crippen LogP contribution in [0.15, 0.2) is 53.7 Å². The summed E-state index contributed by atoms with van der Waals surface area (Å²) in [7, 11) is 1.68. The third-order valence-electron chi connectivity index (χ3n) is 6.69. The number of aryl methyl sites for hydroxylation is 1. The summed E-state index contributed by atoms with van der Waals surface area (Å²) in [5, 5.41) is 3.53. The Bertz CT molecular complexity index is 784. The van der Waals surface area contributed by atoms with Crippen LogP contribution in [0.3, 0.4) is 0 Å². The molecule has 148 valence electrons. The first-order valence-electron chi connectivity index (χ1n) is 10.5. The molecule has 2 aromatic carbocycles. The SMILES string of the molecule is COc1ccc2c(c1)CCC(CCN1CCC(c3ccccc3)CC1)C2N=O. The van der Waals surface area contributed by atoms with Crippen LogP contribution in [-0.2, 0) is 6.42 Å². The first-order chi connectivity index (χ1) is 13.8. The largest absolute Gasteiger partial charge is 0.497 e. The Balaban J connectivity index is 1.32. The number of ether oxygens (including phenoxy) is 1. The molecular formula is C24H30N2O2. The molecule has 4 heteroatoms. The number of rotatable bonds is 6. The van der Waals surface area contributed by atoms with E-state index in [0.29, 0.717) is 11.8 Å². The molecule has 1 fully saturated rings. The number of methoxy groups -OCH3 is 1. The lowest BCUT2D eigenvalue weighted by Crippen LogP contribution is -2.35. The summed E-state index contributed by atoms with van der Waals surface area (Å²) in [6, 6.07) is 16.7. The molecule has 4 rings (SSSR count). The summed E-state index contributed by atoms with van der Waals surface area (Å²) < 4.78 is 5.33. The van der Waals surface area contributed by atoms with Gasteiger partial charge in [0.2, 0.25) is 0 Å². The standard InChI is InChI=1S/C24H30N2O2/c1-28-22-9-10-23-21(17-22)8-7-20(24(23)25-27)13-16-26-14-11-19(12-15-26)18-5-3-2-4-6-18/h2-6,9-10,17,19-20,24H,7-8,11-16H2,1H3. The second-order valence-electron chi connectivity index (χ2n) is 8.23.